The van der Waals surface area contributed by atoms with E-state index in [0.717, 1.165) is 11.1 Å². The lowest BCUT2D eigenvalue weighted by molar-refractivity contribution is 0.0516. The fourth-order valence-electron chi connectivity index (χ4n) is 2.54. The van der Waals surface area contributed by atoms with Gasteiger partial charge in [-0.1, -0.05) is 24.3 Å². The van der Waals surface area contributed by atoms with Gasteiger partial charge in [0.15, 0.2) is 0 Å². The number of carbonyl (C=O) groups is 1. The Morgan fingerprint density at radius 2 is 1.91 bits per heavy atom. The molecule has 5 heteroatoms. The molecule has 0 atom stereocenters. The Labute approximate surface area is 135 Å². The molecule has 1 aromatic heterocycles. The molecule has 5 nitrogen and oxygen atoms in total. The van der Waals surface area contributed by atoms with Crippen LogP contribution >= 0.6 is 0 Å². The van der Waals surface area contributed by atoms with Crippen LogP contribution in [0.25, 0.3) is 11.1 Å². The summed E-state index contributed by atoms with van der Waals surface area (Å²) in [5.74, 6) is -0.448. The number of aromatic nitrogens is 1. The summed E-state index contributed by atoms with van der Waals surface area (Å²) in [6.07, 6.45) is 0.323. The van der Waals surface area contributed by atoms with Crippen molar-refractivity contribution in [3.05, 3.63) is 46.8 Å². The van der Waals surface area contributed by atoms with E-state index in [-0.39, 0.29) is 6.61 Å². The van der Waals surface area contributed by atoms with Gasteiger partial charge in [0.25, 0.3) is 0 Å². The van der Waals surface area contributed by atoms with E-state index in [4.69, 9.17) is 10.00 Å². The van der Waals surface area contributed by atoms with Gasteiger partial charge in [0.1, 0.15) is 11.8 Å². The van der Waals surface area contributed by atoms with Crippen molar-refractivity contribution in [1.29, 1.82) is 10.5 Å². The summed E-state index contributed by atoms with van der Waals surface area (Å²) >= 11 is 0. The molecule has 0 saturated heterocycles. The van der Waals surface area contributed by atoms with Gasteiger partial charge in [0.2, 0.25) is 0 Å². The lowest BCUT2D eigenvalue weighted by atomic mass is 9.99. The van der Waals surface area contributed by atoms with Crippen molar-refractivity contribution in [1.82, 2.24) is 4.57 Å². The Morgan fingerprint density at radius 3 is 2.43 bits per heavy atom. The molecule has 116 valence electrons. The Hall–Kier alpha value is -3.05. The molecular formula is C18H17N3O2. The normalized spacial score (nSPS) is 9.96. The third-order valence-corrected chi connectivity index (χ3v) is 3.79. The molecule has 0 radical (unpaired) electrons. The lowest BCUT2D eigenvalue weighted by Gasteiger charge is -2.08. The van der Waals surface area contributed by atoms with Crippen LogP contribution in [-0.2, 0) is 18.2 Å². The van der Waals surface area contributed by atoms with E-state index in [1.807, 2.05) is 24.3 Å². The highest BCUT2D eigenvalue weighted by Crippen LogP contribution is 2.32. The van der Waals surface area contributed by atoms with Gasteiger partial charge in [0, 0.05) is 18.3 Å². The van der Waals surface area contributed by atoms with E-state index in [1.54, 1.807) is 25.5 Å². The molecule has 23 heavy (non-hydrogen) atoms. The average molecular weight is 307 g/mol. The molecule has 1 heterocycles. The molecule has 2 rings (SSSR count). The molecule has 0 aliphatic carbocycles. The van der Waals surface area contributed by atoms with Crippen molar-refractivity contribution in [3.63, 3.8) is 0 Å². The molecule has 0 aliphatic rings. The van der Waals surface area contributed by atoms with Gasteiger partial charge in [-0.25, -0.2) is 4.79 Å². The van der Waals surface area contributed by atoms with Crippen LogP contribution in [0.1, 0.15) is 34.2 Å². The number of carbonyl (C=O) groups excluding carboxylic acids is 1. The van der Waals surface area contributed by atoms with Crippen LogP contribution in [0.3, 0.4) is 0 Å². The zero-order valence-electron chi connectivity index (χ0n) is 13.4. The van der Waals surface area contributed by atoms with E-state index in [2.05, 4.69) is 12.1 Å². The summed E-state index contributed by atoms with van der Waals surface area (Å²) in [5, 5.41) is 18.2. The number of hydrogen-bond acceptors (Lipinski definition) is 4. The van der Waals surface area contributed by atoms with Crippen LogP contribution in [0.2, 0.25) is 0 Å². The minimum absolute atomic E-state index is 0.269. The van der Waals surface area contributed by atoms with Crippen LogP contribution in [-0.4, -0.2) is 17.1 Å². The summed E-state index contributed by atoms with van der Waals surface area (Å²) in [4.78, 5) is 12.3. The summed E-state index contributed by atoms with van der Waals surface area (Å²) in [7, 11) is 1.75. The van der Waals surface area contributed by atoms with E-state index in [0.29, 0.717) is 28.9 Å². The fraction of sp³-hybridized carbons (Fsp3) is 0.278. The first-order valence-corrected chi connectivity index (χ1v) is 7.27. The molecule has 0 N–H and O–H groups in total. The average Bonchev–Trinajstić information content (AvgIpc) is 2.80. The van der Waals surface area contributed by atoms with Gasteiger partial charge < -0.3 is 9.30 Å². The summed E-state index contributed by atoms with van der Waals surface area (Å²) in [6.45, 7) is 3.82. The SMILES string of the molecule is CCOC(=O)c1c(-c2ccc(CC#N)cc2)c(C#N)c(C)n1C. The Balaban J connectivity index is 2.65. The van der Waals surface area contributed by atoms with E-state index >= 15 is 0 Å². The first kappa shape index (κ1) is 16.3. The smallest absolute Gasteiger partial charge is 0.355 e. The highest BCUT2D eigenvalue weighted by atomic mass is 16.5. The number of ether oxygens (including phenoxy) is 1. The molecule has 0 aliphatic heterocycles. The maximum Gasteiger partial charge on any atom is 0.355 e. The van der Waals surface area contributed by atoms with E-state index in [1.165, 1.54) is 0 Å². The number of nitrogens with zero attached hydrogens (tertiary/aromatic N) is 3. The lowest BCUT2D eigenvalue weighted by Crippen LogP contribution is -2.11. The highest BCUT2D eigenvalue weighted by Gasteiger charge is 2.25. The first-order chi connectivity index (χ1) is 11.0. The standard InChI is InChI=1S/C18H17N3O2/c1-4-23-18(22)17-16(15(11-20)12(2)21(17)3)14-7-5-13(6-8-14)9-10-19/h5-8H,4,9H2,1-3H3. The van der Waals surface area contributed by atoms with Crippen molar-refractivity contribution in [2.24, 2.45) is 7.05 Å². The van der Waals surface area contributed by atoms with Crippen LogP contribution in [0.15, 0.2) is 24.3 Å². The second kappa shape index (κ2) is 6.81. The first-order valence-electron chi connectivity index (χ1n) is 7.27. The van der Waals surface area contributed by atoms with Crippen LogP contribution in [0.5, 0.6) is 0 Å². The molecule has 0 bridgehead atoms. The van der Waals surface area contributed by atoms with Crippen molar-refractivity contribution >= 4 is 5.97 Å². The fourth-order valence-corrected chi connectivity index (χ4v) is 2.54. The number of nitriles is 2. The monoisotopic (exact) mass is 307 g/mol. The molecule has 1 aromatic carbocycles. The van der Waals surface area contributed by atoms with Gasteiger partial charge >= 0.3 is 5.97 Å². The second-order valence-corrected chi connectivity index (χ2v) is 5.11. The predicted molar refractivity (Wildman–Crippen MR) is 85.6 cm³/mol. The van der Waals surface area contributed by atoms with Crippen molar-refractivity contribution < 1.29 is 9.53 Å². The Bertz CT molecular complexity index is 818. The van der Waals surface area contributed by atoms with Crippen molar-refractivity contribution in [2.75, 3.05) is 6.61 Å². The minimum Gasteiger partial charge on any atom is -0.461 e. The third-order valence-electron chi connectivity index (χ3n) is 3.79. The predicted octanol–water partition coefficient (Wildman–Crippen LogP) is 3.11. The van der Waals surface area contributed by atoms with E-state index < -0.39 is 5.97 Å². The number of esters is 1. The third kappa shape index (κ3) is 2.95. The number of rotatable bonds is 4. The number of benzene rings is 1. The zero-order chi connectivity index (χ0) is 17.0. The second-order valence-electron chi connectivity index (χ2n) is 5.11. The number of hydrogen-bond donors (Lipinski definition) is 0. The summed E-state index contributed by atoms with van der Waals surface area (Å²) in [5.41, 5.74) is 3.77. The molecule has 0 amide bonds. The van der Waals surface area contributed by atoms with Crippen LogP contribution in [0, 0.1) is 29.6 Å². The van der Waals surface area contributed by atoms with Crippen LogP contribution < -0.4 is 0 Å². The molecule has 0 unspecified atom stereocenters. The molecule has 0 spiro atoms. The van der Waals surface area contributed by atoms with Gasteiger partial charge in [-0.3, -0.25) is 0 Å². The maximum atomic E-state index is 12.3. The Kier molecular flexibility index (Phi) is 4.83. The minimum atomic E-state index is -0.448. The molecule has 2 aromatic rings. The topological polar surface area (TPSA) is 78.8 Å². The molecule has 0 saturated carbocycles. The molecule has 0 fully saturated rings. The maximum absolute atomic E-state index is 12.3. The van der Waals surface area contributed by atoms with Crippen molar-refractivity contribution in [3.8, 4) is 23.3 Å². The zero-order valence-corrected chi connectivity index (χ0v) is 13.4. The van der Waals surface area contributed by atoms with Crippen LogP contribution in [0.4, 0.5) is 0 Å². The van der Waals surface area contributed by atoms with Crippen molar-refractivity contribution in [2.45, 2.75) is 20.3 Å². The Morgan fingerprint density at radius 1 is 1.26 bits per heavy atom. The quantitative estimate of drug-likeness (QED) is 0.813. The molecular weight excluding hydrogens is 290 g/mol. The summed E-state index contributed by atoms with van der Waals surface area (Å²) < 4.78 is 6.82. The highest BCUT2D eigenvalue weighted by molar-refractivity contribution is 5.98. The van der Waals surface area contributed by atoms with Gasteiger partial charge in [-0.15, -0.1) is 0 Å². The largest absolute Gasteiger partial charge is 0.461 e. The van der Waals surface area contributed by atoms with Gasteiger partial charge in [-0.05, 0) is 25.0 Å². The summed E-state index contributed by atoms with van der Waals surface area (Å²) in [6, 6.07) is 11.6. The van der Waals surface area contributed by atoms with Gasteiger partial charge in [-0.2, -0.15) is 10.5 Å². The van der Waals surface area contributed by atoms with Gasteiger partial charge in [0.05, 0.1) is 24.7 Å². The van der Waals surface area contributed by atoms with E-state index in [9.17, 15) is 10.1 Å².